The average molecular weight is 230 g/mol. The predicted molar refractivity (Wildman–Crippen MR) is 73.3 cm³/mol. The zero-order valence-corrected chi connectivity index (χ0v) is 11.5. The standard InChI is InChI=1S/C13H16N2.C2H6/c1-10-4-6-13(7-5-10)9-15-12(3)8-11(2)14-15;1-2/h4-8H,9H2,1-3H3;1-2H3. The lowest BCUT2D eigenvalue weighted by Gasteiger charge is -2.04. The number of aryl methyl sites for hydroxylation is 3. The normalized spacial score (nSPS) is 9.71. The van der Waals surface area contributed by atoms with Gasteiger partial charge in [0.1, 0.15) is 0 Å². The molecule has 1 heterocycles. The lowest BCUT2D eigenvalue weighted by Crippen LogP contribution is -2.03. The van der Waals surface area contributed by atoms with Gasteiger partial charge in [-0.1, -0.05) is 43.7 Å². The molecule has 0 aliphatic heterocycles. The summed E-state index contributed by atoms with van der Waals surface area (Å²) < 4.78 is 2.04. The van der Waals surface area contributed by atoms with Gasteiger partial charge < -0.3 is 0 Å². The third-order valence-electron chi connectivity index (χ3n) is 2.56. The molecule has 2 rings (SSSR count). The maximum atomic E-state index is 4.44. The maximum absolute atomic E-state index is 4.44. The van der Waals surface area contributed by atoms with E-state index in [1.54, 1.807) is 0 Å². The van der Waals surface area contributed by atoms with Crippen molar-refractivity contribution in [3.63, 3.8) is 0 Å². The summed E-state index contributed by atoms with van der Waals surface area (Å²) >= 11 is 0. The zero-order valence-electron chi connectivity index (χ0n) is 11.5. The van der Waals surface area contributed by atoms with Gasteiger partial charge in [0.15, 0.2) is 0 Å². The Morgan fingerprint density at radius 1 is 1.00 bits per heavy atom. The highest BCUT2D eigenvalue weighted by Crippen LogP contribution is 2.08. The number of nitrogens with zero attached hydrogens (tertiary/aromatic N) is 2. The molecule has 2 nitrogen and oxygen atoms in total. The predicted octanol–water partition coefficient (Wildman–Crippen LogP) is 3.88. The summed E-state index contributed by atoms with van der Waals surface area (Å²) in [6.45, 7) is 11.1. The van der Waals surface area contributed by atoms with Crippen molar-refractivity contribution in [3.05, 3.63) is 52.8 Å². The highest BCUT2D eigenvalue weighted by molar-refractivity contribution is 5.22. The van der Waals surface area contributed by atoms with Crippen molar-refractivity contribution >= 4 is 0 Å². The molecule has 0 amide bonds. The van der Waals surface area contributed by atoms with Crippen LogP contribution in [0.5, 0.6) is 0 Å². The molecular weight excluding hydrogens is 208 g/mol. The summed E-state index contributed by atoms with van der Waals surface area (Å²) in [6, 6.07) is 10.7. The quantitative estimate of drug-likeness (QED) is 0.765. The Hall–Kier alpha value is -1.57. The molecule has 0 saturated heterocycles. The number of hydrogen-bond donors (Lipinski definition) is 0. The van der Waals surface area contributed by atoms with Crippen LogP contribution in [0.15, 0.2) is 30.3 Å². The highest BCUT2D eigenvalue weighted by atomic mass is 15.3. The van der Waals surface area contributed by atoms with Gasteiger partial charge in [0.05, 0.1) is 12.2 Å². The van der Waals surface area contributed by atoms with E-state index in [-0.39, 0.29) is 0 Å². The Morgan fingerprint density at radius 2 is 1.59 bits per heavy atom. The van der Waals surface area contributed by atoms with Crippen LogP contribution in [0, 0.1) is 20.8 Å². The molecule has 0 atom stereocenters. The van der Waals surface area contributed by atoms with Crippen LogP contribution in [0.1, 0.15) is 36.4 Å². The third-order valence-corrected chi connectivity index (χ3v) is 2.56. The van der Waals surface area contributed by atoms with E-state index < -0.39 is 0 Å². The van der Waals surface area contributed by atoms with Gasteiger partial charge in [0.2, 0.25) is 0 Å². The summed E-state index contributed by atoms with van der Waals surface area (Å²) in [5.74, 6) is 0. The monoisotopic (exact) mass is 230 g/mol. The van der Waals surface area contributed by atoms with Crippen molar-refractivity contribution in [1.82, 2.24) is 9.78 Å². The molecule has 0 saturated carbocycles. The van der Waals surface area contributed by atoms with Gasteiger partial charge in [-0.15, -0.1) is 0 Å². The Morgan fingerprint density at radius 3 is 2.06 bits per heavy atom. The van der Waals surface area contributed by atoms with Gasteiger partial charge in [-0.25, -0.2) is 0 Å². The molecule has 1 aromatic carbocycles. The molecular formula is C15H22N2. The van der Waals surface area contributed by atoms with Crippen molar-refractivity contribution in [1.29, 1.82) is 0 Å². The van der Waals surface area contributed by atoms with E-state index in [9.17, 15) is 0 Å². The molecule has 0 bridgehead atoms. The molecule has 0 aliphatic carbocycles. The average Bonchev–Trinajstić information content (AvgIpc) is 2.63. The van der Waals surface area contributed by atoms with Gasteiger partial charge in [0.25, 0.3) is 0 Å². The molecule has 2 heteroatoms. The van der Waals surface area contributed by atoms with E-state index in [0.29, 0.717) is 0 Å². The first-order valence-corrected chi connectivity index (χ1v) is 6.22. The minimum Gasteiger partial charge on any atom is -0.265 e. The summed E-state index contributed by atoms with van der Waals surface area (Å²) in [4.78, 5) is 0. The molecule has 92 valence electrons. The van der Waals surface area contributed by atoms with Gasteiger partial charge >= 0.3 is 0 Å². The Balaban J connectivity index is 0.000000686. The van der Waals surface area contributed by atoms with Crippen molar-refractivity contribution in [2.45, 2.75) is 41.2 Å². The summed E-state index contributed by atoms with van der Waals surface area (Å²) in [6.07, 6.45) is 0. The minimum absolute atomic E-state index is 0.861. The van der Waals surface area contributed by atoms with Gasteiger partial charge in [0, 0.05) is 5.69 Å². The molecule has 0 N–H and O–H groups in total. The summed E-state index contributed by atoms with van der Waals surface area (Å²) in [7, 11) is 0. The fraction of sp³-hybridized carbons (Fsp3) is 0.400. The van der Waals surface area contributed by atoms with Crippen LogP contribution in [-0.2, 0) is 6.54 Å². The topological polar surface area (TPSA) is 17.8 Å². The lowest BCUT2D eigenvalue weighted by molar-refractivity contribution is 0.659. The first kappa shape index (κ1) is 13.5. The van der Waals surface area contributed by atoms with Crippen LogP contribution in [0.4, 0.5) is 0 Å². The Bertz CT molecular complexity index is 452. The van der Waals surface area contributed by atoms with Crippen LogP contribution in [0.3, 0.4) is 0 Å². The molecule has 0 unspecified atom stereocenters. The molecule has 2 aromatic rings. The lowest BCUT2D eigenvalue weighted by atomic mass is 10.1. The first-order valence-electron chi connectivity index (χ1n) is 6.22. The van der Waals surface area contributed by atoms with E-state index >= 15 is 0 Å². The third kappa shape index (κ3) is 3.74. The molecule has 0 aliphatic rings. The van der Waals surface area contributed by atoms with Gasteiger partial charge in [-0.3, -0.25) is 4.68 Å². The molecule has 1 aromatic heterocycles. The summed E-state index contributed by atoms with van der Waals surface area (Å²) in [5.41, 5.74) is 4.90. The number of hydrogen-bond acceptors (Lipinski definition) is 1. The second-order valence-electron chi connectivity index (χ2n) is 4.07. The van der Waals surface area contributed by atoms with Crippen LogP contribution < -0.4 is 0 Å². The Kier molecular flexibility index (Phi) is 4.95. The molecule has 0 radical (unpaired) electrons. The fourth-order valence-electron chi connectivity index (χ4n) is 1.70. The number of benzene rings is 1. The second-order valence-corrected chi connectivity index (χ2v) is 4.07. The van der Waals surface area contributed by atoms with E-state index in [4.69, 9.17) is 0 Å². The number of aromatic nitrogens is 2. The van der Waals surface area contributed by atoms with Crippen molar-refractivity contribution in [2.24, 2.45) is 0 Å². The summed E-state index contributed by atoms with van der Waals surface area (Å²) in [5, 5.41) is 4.44. The van der Waals surface area contributed by atoms with Gasteiger partial charge in [-0.2, -0.15) is 5.10 Å². The first-order chi connectivity index (χ1) is 8.15. The largest absolute Gasteiger partial charge is 0.265 e. The van der Waals surface area contributed by atoms with Crippen LogP contribution >= 0.6 is 0 Å². The fourth-order valence-corrected chi connectivity index (χ4v) is 1.70. The maximum Gasteiger partial charge on any atom is 0.0662 e. The molecule has 0 spiro atoms. The van der Waals surface area contributed by atoms with E-state index in [0.717, 1.165) is 12.2 Å². The van der Waals surface area contributed by atoms with Crippen LogP contribution in [0.2, 0.25) is 0 Å². The molecule has 0 fully saturated rings. The van der Waals surface area contributed by atoms with Crippen molar-refractivity contribution in [2.75, 3.05) is 0 Å². The van der Waals surface area contributed by atoms with E-state index in [1.807, 2.05) is 25.5 Å². The van der Waals surface area contributed by atoms with E-state index in [1.165, 1.54) is 16.8 Å². The highest BCUT2D eigenvalue weighted by Gasteiger charge is 2.01. The molecule has 17 heavy (non-hydrogen) atoms. The van der Waals surface area contributed by atoms with Crippen LogP contribution in [-0.4, -0.2) is 9.78 Å². The smallest absolute Gasteiger partial charge is 0.0662 e. The van der Waals surface area contributed by atoms with Crippen molar-refractivity contribution < 1.29 is 0 Å². The SMILES string of the molecule is CC.Cc1ccc(Cn2nc(C)cc2C)cc1. The van der Waals surface area contributed by atoms with Crippen LogP contribution in [0.25, 0.3) is 0 Å². The van der Waals surface area contributed by atoms with Gasteiger partial charge in [-0.05, 0) is 32.4 Å². The number of rotatable bonds is 2. The van der Waals surface area contributed by atoms with E-state index in [2.05, 4.69) is 49.3 Å². The minimum atomic E-state index is 0.861. The zero-order chi connectivity index (χ0) is 12.8. The van der Waals surface area contributed by atoms with Crippen molar-refractivity contribution in [3.8, 4) is 0 Å². The Labute approximate surface area is 104 Å². The second kappa shape index (κ2) is 6.24.